The van der Waals surface area contributed by atoms with Crippen molar-refractivity contribution in [1.29, 1.82) is 0 Å². The maximum absolute atomic E-state index is 5.16. The van der Waals surface area contributed by atoms with Crippen LogP contribution in [0.15, 0.2) is 24.5 Å². The van der Waals surface area contributed by atoms with Crippen LogP contribution in [0.5, 0.6) is 0 Å². The van der Waals surface area contributed by atoms with Crippen molar-refractivity contribution >= 4 is 16.7 Å². The average Bonchev–Trinajstić information content (AvgIpc) is 2.87. The molecule has 18 heavy (non-hydrogen) atoms. The molecule has 0 fully saturated rings. The van der Waals surface area contributed by atoms with Gasteiger partial charge in [0.05, 0.1) is 30.7 Å². The molecule has 5 nitrogen and oxygen atoms in total. The van der Waals surface area contributed by atoms with Crippen LogP contribution in [0.25, 0.3) is 11.0 Å². The molecular formula is C13H19N3O2. The van der Waals surface area contributed by atoms with Gasteiger partial charge in [0, 0.05) is 27.3 Å². The van der Waals surface area contributed by atoms with Crippen LogP contribution in [0, 0.1) is 0 Å². The molecule has 98 valence electrons. The lowest BCUT2D eigenvalue weighted by molar-refractivity contribution is 0.190. The number of H-pyrrole nitrogens is 1. The molecule has 5 heteroatoms. The van der Waals surface area contributed by atoms with Gasteiger partial charge in [-0.15, -0.1) is 0 Å². The van der Waals surface area contributed by atoms with Gasteiger partial charge < -0.3 is 19.4 Å². The molecule has 0 saturated heterocycles. The predicted molar refractivity (Wildman–Crippen MR) is 72.1 cm³/mol. The Morgan fingerprint density at radius 2 is 1.89 bits per heavy atom. The Bertz CT molecular complexity index is 476. The fraction of sp³-hybridized carbons (Fsp3) is 0.462. The molecule has 0 bridgehead atoms. The first-order valence-electron chi connectivity index (χ1n) is 6.01. The number of hydrogen-bond acceptors (Lipinski definition) is 4. The number of methoxy groups -OCH3 is 2. The number of aromatic amines is 1. The number of nitrogens with zero attached hydrogens (tertiary/aromatic N) is 2. The number of aromatic nitrogens is 2. The lowest BCUT2D eigenvalue weighted by atomic mass is 10.2. The molecule has 0 aliphatic rings. The lowest BCUT2D eigenvalue weighted by Gasteiger charge is -2.24. The number of rotatable bonds is 7. The van der Waals surface area contributed by atoms with Crippen molar-refractivity contribution in [2.24, 2.45) is 0 Å². The summed E-state index contributed by atoms with van der Waals surface area (Å²) in [5, 5.41) is 0. The molecule has 2 aromatic rings. The van der Waals surface area contributed by atoms with E-state index in [9.17, 15) is 0 Å². The number of hydrogen-bond donors (Lipinski definition) is 1. The quantitative estimate of drug-likeness (QED) is 0.811. The molecule has 0 saturated carbocycles. The molecule has 0 atom stereocenters. The molecule has 1 aromatic heterocycles. The zero-order valence-electron chi connectivity index (χ0n) is 10.8. The van der Waals surface area contributed by atoms with E-state index >= 15 is 0 Å². The Labute approximate surface area is 107 Å². The molecule has 1 heterocycles. The molecule has 0 spiro atoms. The fourth-order valence-electron chi connectivity index (χ4n) is 1.96. The number of para-hydroxylation sites is 1. The van der Waals surface area contributed by atoms with Crippen LogP contribution in [-0.2, 0) is 9.47 Å². The van der Waals surface area contributed by atoms with Gasteiger partial charge in [0.15, 0.2) is 0 Å². The van der Waals surface area contributed by atoms with Crippen molar-refractivity contribution in [1.82, 2.24) is 9.97 Å². The third-order valence-corrected chi connectivity index (χ3v) is 2.90. The first-order chi connectivity index (χ1) is 8.86. The Kier molecular flexibility index (Phi) is 4.55. The SMILES string of the molecule is COCCN(CCOC)c1cccc2[nH]cnc12. The second-order valence-corrected chi connectivity index (χ2v) is 4.05. The van der Waals surface area contributed by atoms with Gasteiger partial charge in [-0.2, -0.15) is 0 Å². The van der Waals surface area contributed by atoms with Gasteiger partial charge in [-0.05, 0) is 12.1 Å². The van der Waals surface area contributed by atoms with Crippen molar-refractivity contribution in [3.63, 3.8) is 0 Å². The smallest absolute Gasteiger partial charge is 0.112 e. The summed E-state index contributed by atoms with van der Waals surface area (Å²) in [5.41, 5.74) is 3.15. The van der Waals surface area contributed by atoms with Crippen LogP contribution in [0.2, 0.25) is 0 Å². The normalized spacial score (nSPS) is 11.0. The summed E-state index contributed by atoms with van der Waals surface area (Å²) >= 11 is 0. The fourth-order valence-corrected chi connectivity index (χ4v) is 1.96. The minimum atomic E-state index is 0.685. The van der Waals surface area contributed by atoms with Crippen LogP contribution < -0.4 is 4.90 Å². The van der Waals surface area contributed by atoms with Gasteiger partial charge in [0.25, 0.3) is 0 Å². The van der Waals surface area contributed by atoms with E-state index in [4.69, 9.17) is 9.47 Å². The topological polar surface area (TPSA) is 50.4 Å². The Balaban J connectivity index is 2.24. The Morgan fingerprint density at radius 3 is 2.56 bits per heavy atom. The van der Waals surface area contributed by atoms with E-state index in [0.29, 0.717) is 13.2 Å². The summed E-state index contributed by atoms with van der Waals surface area (Å²) in [6.07, 6.45) is 1.72. The van der Waals surface area contributed by atoms with Crippen molar-refractivity contribution in [2.45, 2.75) is 0 Å². The Morgan fingerprint density at radius 1 is 1.17 bits per heavy atom. The third kappa shape index (κ3) is 2.80. The standard InChI is InChI=1S/C13H19N3O2/c1-17-8-6-16(7-9-18-2)12-5-3-4-11-13(12)15-10-14-11/h3-5,10H,6-9H2,1-2H3,(H,14,15). The van der Waals surface area contributed by atoms with Crippen LogP contribution in [0.3, 0.4) is 0 Å². The van der Waals surface area contributed by atoms with Crippen LogP contribution in [-0.4, -0.2) is 50.5 Å². The molecule has 2 rings (SSSR count). The summed E-state index contributed by atoms with van der Waals surface area (Å²) in [7, 11) is 3.42. The van der Waals surface area contributed by atoms with E-state index < -0.39 is 0 Å². The lowest BCUT2D eigenvalue weighted by Crippen LogP contribution is -2.30. The molecule has 0 unspecified atom stereocenters. The van der Waals surface area contributed by atoms with Gasteiger partial charge in [-0.25, -0.2) is 4.98 Å². The molecular weight excluding hydrogens is 230 g/mol. The highest BCUT2D eigenvalue weighted by Gasteiger charge is 2.11. The highest BCUT2D eigenvalue weighted by molar-refractivity contribution is 5.88. The first kappa shape index (κ1) is 12.9. The van der Waals surface area contributed by atoms with Gasteiger partial charge in [-0.1, -0.05) is 6.07 Å². The number of benzene rings is 1. The minimum absolute atomic E-state index is 0.685. The third-order valence-electron chi connectivity index (χ3n) is 2.90. The molecule has 1 aromatic carbocycles. The summed E-state index contributed by atoms with van der Waals surface area (Å²) in [6, 6.07) is 6.13. The maximum atomic E-state index is 5.16. The van der Waals surface area contributed by atoms with Crippen LogP contribution in [0.1, 0.15) is 0 Å². The summed E-state index contributed by atoms with van der Waals surface area (Å²) in [5.74, 6) is 0. The zero-order valence-corrected chi connectivity index (χ0v) is 10.8. The summed E-state index contributed by atoms with van der Waals surface area (Å²) < 4.78 is 10.3. The summed E-state index contributed by atoms with van der Waals surface area (Å²) in [6.45, 7) is 3.02. The molecule has 0 aliphatic carbocycles. The van der Waals surface area contributed by atoms with E-state index in [2.05, 4.69) is 20.9 Å². The average molecular weight is 249 g/mol. The molecule has 1 N–H and O–H groups in total. The van der Waals surface area contributed by atoms with Crippen molar-refractivity contribution in [3.05, 3.63) is 24.5 Å². The van der Waals surface area contributed by atoms with Crippen molar-refractivity contribution in [2.75, 3.05) is 45.4 Å². The van der Waals surface area contributed by atoms with Gasteiger partial charge in [-0.3, -0.25) is 0 Å². The van der Waals surface area contributed by atoms with Gasteiger partial charge in [0.2, 0.25) is 0 Å². The number of anilines is 1. The van der Waals surface area contributed by atoms with E-state index in [0.717, 1.165) is 29.8 Å². The maximum Gasteiger partial charge on any atom is 0.112 e. The largest absolute Gasteiger partial charge is 0.383 e. The zero-order chi connectivity index (χ0) is 12.8. The number of nitrogens with one attached hydrogen (secondary N) is 1. The second kappa shape index (κ2) is 6.37. The minimum Gasteiger partial charge on any atom is -0.383 e. The number of fused-ring (bicyclic) bond motifs is 1. The van der Waals surface area contributed by atoms with Crippen LogP contribution in [0.4, 0.5) is 5.69 Å². The summed E-state index contributed by atoms with van der Waals surface area (Å²) in [4.78, 5) is 9.74. The highest BCUT2D eigenvalue weighted by atomic mass is 16.5. The monoisotopic (exact) mass is 249 g/mol. The molecule has 0 radical (unpaired) electrons. The van der Waals surface area contributed by atoms with Crippen molar-refractivity contribution in [3.8, 4) is 0 Å². The van der Waals surface area contributed by atoms with E-state index in [1.807, 2.05) is 12.1 Å². The number of ether oxygens (including phenoxy) is 2. The predicted octanol–water partition coefficient (Wildman–Crippen LogP) is 1.66. The van der Waals surface area contributed by atoms with E-state index in [1.54, 1.807) is 20.5 Å². The molecule has 0 aliphatic heterocycles. The Hall–Kier alpha value is -1.59. The first-order valence-corrected chi connectivity index (χ1v) is 6.01. The van der Waals surface area contributed by atoms with E-state index in [-0.39, 0.29) is 0 Å². The van der Waals surface area contributed by atoms with E-state index in [1.165, 1.54) is 0 Å². The van der Waals surface area contributed by atoms with Gasteiger partial charge in [0.1, 0.15) is 5.52 Å². The van der Waals surface area contributed by atoms with Crippen molar-refractivity contribution < 1.29 is 9.47 Å². The van der Waals surface area contributed by atoms with Gasteiger partial charge >= 0.3 is 0 Å². The highest BCUT2D eigenvalue weighted by Crippen LogP contribution is 2.23. The molecule has 0 amide bonds. The number of imidazole rings is 1. The second-order valence-electron chi connectivity index (χ2n) is 4.05. The van der Waals surface area contributed by atoms with Crippen LogP contribution >= 0.6 is 0 Å².